The summed E-state index contributed by atoms with van der Waals surface area (Å²) in [6.07, 6.45) is 2.95. The minimum atomic E-state index is -0.432. The number of hydrogen-bond donors (Lipinski definition) is 2. The number of aliphatic imine (C=N–C) groups is 1. The molecule has 1 aromatic carbocycles. The van der Waals surface area contributed by atoms with Gasteiger partial charge in [-0.2, -0.15) is 0 Å². The first kappa shape index (κ1) is 23.2. The third-order valence-corrected chi connectivity index (χ3v) is 4.67. The van der Waals surface area contributed by atoms with Gasteiger partial charge in [-0.25, -0.2) is 0 Å². The molecule has 1 unspecified atom stereocenters. The Balaban J connectivity index is 0.00000338. The third kappa shape index (κ3) is 7.40. The lowest BCUT2D eigenvalue weighted by atomic mass is 10.00. The van der Waals surface area contributed by atoms with E-state index in [0.29, 0.717) is 13.1 Å². The summed E-state index contributed by atoms with van der Waals surface area (Å²) in [5, 5.41) is 13.7. The predicted molar refractivity (Wildman–Crippen MR) is 120 cm³/mol. The average molecular weight is 474 g/mol. The number of halogens is 1. The molecular weight excluding hydrogens is 439 g/mol. The zero-order valence-electron chi connectivity index (χ0n) is 16.4. The van der Waals surface area contributed by atoms with Crippen molar-refractivity contribution in [3.63, 3.8) is 0 Å². The maximum Gasteiger partial charge on any atom is 0.193 e. The summed E-state index contributed by atoms with van der Waals surface area (Å²) in [5.41, 5.74) is 2.83. The Morgan fingerprint density at radius 1 is 1.31 bits per heavy atom. The van der Waals surface area contributed by atoms with Gasteiger partial charge in [-0.05, 0) is 30.9 Å². The van der Waals surface area contributed by atoms with E-state index in [-0.39, 0.29) is 24.0 Å². The standard InChI is InChI=1S/C20H34N4O.HI/c1-4-6-12-23(3)20(21-5-2)22-14-19(25)16-24-13-11-17-9-7-8-10-18(17)15-24;/h7-10,19,25H,4-6,11-16H2,1-3H3,(H,21,22);1H. The topological polar surface area (TPSA) is 51.1 Å². The van der Waals surface area contributed by atoms with Crippen LogP contribution >= 0.6 is 24.0 Å². The van der Waals surface area contributed by atoms with Crippen LogP contribution < -0.4 is 5.32 Å². The van der Waals surface area contributed by atoms with Gasteiger partial charge >= 0.3 is 0 Å². The van der Waals surface area contributed by atoms with Crippen molar-refractivity contribution >= 4 is 29.9 Å². The number of rotatable bonds is 8. The molecule has 0 amide bonds. The summed E-state index contributed by atoms with van der Waals surface area (Å²) in [4.78, 5) is 9.11. The van der Waals surface area contributed by atoms with Crippen molar-refractivity contribution in [2.45, 2.75) is 45.8 Å². The quantitative estimate of drug-likeness (QED) is 0.346. The minimum absolute atomic E-state index is 0. The second-order valence-corrected chi connectivity index (χ2v) is 6.88. The van der Waals surface area contributed by atoms with Gasteiger partial charge < -0.3 is 15.3 Å². The highest BCUT2D eigenvalue weighted by atomic mass is 127. The maximum atomic E-state index is 10.4. The number of β-amino-alcohol motifs (C(OH)–C–C–N with tert-alkyl or cyclic N) is 1. The number of nitrogens with zero attached hydrogens (tertiary/aromatic N) is 3. The lowest BCUT2D eigenvalue weighted by molar-refractivity contribution is 0.111. The molecule has 1 heterocycles. The molecule has 5 nitrogen and oxygen atoms in total. The van der Waals surface area contributed by atoms with Gasteiger partial charge in [0.25, 0.3) is 0 Å². The molecule has 0 bridgehead atoms. The van der Waals surface area contributed by atoms with Gasteiger partial charge in [0.2, 0.25) is 0 Å². The Morgan fingerprint density at radius 3 is 2.73 bits per heavy atom. The second-order valence-electron chi connectivity index (χ2n) is 6.88. The number of hydrogen-bond acceptors (Lipinski definition) is 3. The Hall–Kier alpha value is -0.860. The van der Waals surface area contributed by atoms with Crippen LogP contribution in [0.15, 0.2) is 29.3 Å². The van der Waals surface area contributed by atoms with Gasteiger partial charge in [-0.3, -0.25) is 9.89 Å². The minimum Gasteiger partial charge on any atom is -0.390 e. The summed E-state index contributed by atoms with van der Waals surface area (Å²) in [7, 11) is 2.06. The molecule has 26 heavy (non-hydrogen) atoms. The van der Waals surface area contributed by atoms with Crippen LogP contribution in [0.25, 0.3) is 0 Å². The van der Waals surface area contributed by atoms with E-state index in [0.717, 1.165) is 45.0 Å². The van der Waals surface area contributed by atoms with Crippen LogP contribution in [0.2, 0.25) is 0 Å². The van der Waals surface area contributed by atoms with E-state index in [9.17, 15) is 5.11 Å². The number of benzene rings is 1. The van der Waals surface area contributed by atoms with Crippen LogP contribution in [0.1, 0.15) is 37.8 Å². The van der Waals surface area contributed by atoms with Crippen molar-refractivity contribution in [2.75, 3.05) is 39.8 Å². The van der Waals surface area contributed by atoms with Crippen molar-refractivity contribution < 1.29 is 5.11 Å². The molecule has 6 heteroatoms. The van der Waals surface area contributed by atoms with Gasteiger partial charge in [0, 0.05) is 39.8 Å². The Labute approximate surface area is 175 Å². The molecule has 0 radical (unpaired) electrons. The number of aliphatic hydroxyl groups is 1. The van der Waals surface area contributed by atoms with E-state index in [1.165, 1.54) is 17.5 Å². The van der Waals surface area contributed by atoms with Crippen LogP contribution in [0.5, 0.6) is 0 Å². The van der Waals surface area contributed by atoms with Crippen LogP contribution in [0.3, 0.4) is 0 Å². The van der Waals surface area contributed by atoms with Gasteiger partial charge in [0.05, 0.1) is 12.6 Å². The molecule has 0 saturated heterocycles. The highest BCUT2D eigenvalue weighted by molar-refractivity contribution is 14.0. The third-order valence-electron chi connectivity index (χ3n) is 4.67. The normalized spacial score (nSPS) is 15.8. The number of unbranched alkanes of at least 4 members (excludes halogenated alkanes) is 1. The molecule has 0 spiro atoms. The summed E-state index contributed by atoms with van der Waals surface area (Å²) in [6.45, 7) is 9.15. The number of fused-ring (bicyclic) bond motifs is 1. The van der Waals surface area contributed by atoms with Crippen molar-refractivity contribution in [1.29, 1.82) is 0 Å². The van der Waals surface area contributed by atoms with Crippen molar-refractivity contribution in [2.24, 2.45) is 4.99 Å². The first-order chi connectivity index (χ1) is 12.1. The average Bonchev–Trinajstić information content (AvgIpc) is 2.63. The van der Waals surface area contributed by atoms with E-state index in [4.69, 9.17) is 0 Å². The molecule has 0 saturated carbocycles. The number of nitrogens with one attached hydrogen (secondary N) is 1. The van der Waals surface area contributed by atoms with E-state index in [2.05, 4.69) is 65.3 Å². The first-order valence-electron chi connectivity index (χ1n) is 9.60. The fraction of sp³-hybridized carbons (Fsp3) is 0.650. The van der Waals surface area contributed by atoms with Crippen LogP contribution in [-0.2, 0) is 13.0 Å². The molecule has 0 fully saturated rings. The summed E-state index contributed by atoms with van der Waals surface area (Å²) >= 11 is 0. The lowest BCUT2D eigenvalue weighted by Crippen LogP contribution is -2.41. The predicted octanol–water partition coefficient (Wildman–Crippen LogP) is 2.72. The van der Waals surface area contributed by atoms with Gasteiger partial charge in [0.1, 0.15) is 0 Å². The zero-order chi connectivity index (χ0) is 18.1. The highest BCUT2D eigenvalue weighted by Gasteiger charge is 2.18. The fourth-order valence-electron chi connectivity index (χ4n) is 3.23. The molecule has 1 aromatic rings. The molecule has 148 valence electrons. The Kier molecular flexibility index (Phi) is 11.2. The second kappa shape index (κ2) is 12.5. The largest absolute Gasteiger partial charge is 0.390 e. The van der Waals surface area contributed by atoms with Crippen molar-refractivity contribution in [3.8, 4) is 0 Å². The number of guanidine groups is 1. The van der Waals surface area contributed by atoms with E-state index < -0.39 is 6.10 Å². The Bertz CT molecular complexity index is 552. The van der Waals surface area contributed by atoms with Crippen LogP contribution in [0.4, 0.5) is 0 Å². The monoisotopic (exact) mass is 474 g/mol. The maximum absolute atomic E-state index is 10.4. The molecule has 0 aliphatic carbocycles. The van der Waals surface area contributed by atoms with E-state index in [1.54, 1.807) is 0 Å². The van der Waals surface area contributed by atoms with E-state index >= 15 is 0 Å². The summed E-state index contributed by atoms with van der Waals surface area (Å²) in [5.74, 6) is 0.888. The zero-order valence-corrected chi connectivity index (χ0v) is 18.8. The van der Waals surface area contributed by atoms with Crippen LogP contribution in [0, 0.1) is 0 Å². The molecule has 1 aliphatic heterocycles. The Morgan fingerprint density at radius 2 is 2.04 bits per heavy atom. The van der Waals surface area contributed by atoms with Crippen molar-refractivity contribution in [3.05, 3.63) is 35.4 Å². The SMILES string of the molecule is CCCCN(C)C(=NCC(O)CN1CCc2ccccc2C1)NCC.I. The van der Waals surface area contributed by atoms with Gasteiger partial charge in [-0.1, -0.05) is 37.6 Å². The number of aliphatic hydroxyl groups excluding tert-OH is 1. The van der Waals surface area contributed by atoms with Gasteiger partial charge in [-0.15, -0.1) is 24.0 Å². The molecular formula is C20H35IN4O. The molecule has 1 atom stereocenters. The van der Waals surface area contributed by atoms with Crippen molar-refractivity contribution in [1.82, 2.24) is 15.1 Å². The lowest BCUT2D eigenvalue weighted by Gasteiger charge is -2.30. The van der Waals surface area contributed by atoms with Crippen LogP contribution in [-0.4, -0.2) is 66.7 Å². The molecule has 0 aromatic heterocycles. The molecule has 2 rings (SSSR count). The highest BCUT2D eigenvalue weighted by Crippen LogP contribution is 2.18. The first-order valence-corrected chi connectivity index (χ1v) is 9.60. The fourth-order valence-corrected chi connectivity index (χ4v) is 3.23. The van der Waals surface area contributed by atoms with E-state index in [1.807, 2.05) is 0 Å². The van der Waals surface area contributed by atoms with Gasteiger partial charge in [0.15, 0.2) is 5.96 Å². The molecule has 2 N–H and O–H groups in total. The summed E-state index contributed by atoms with van der Waals surface area (Å²) in [6, 6.07) is 8.60. The smallest absolute Gasteiger partial charge is 0.193 e. The molecule has 1 aliphatic rings. The summed E-state index contributed by atoms with van der Waals surface area (Å²) < 4.78 is 0.